The van der Waals surface area contributed by atoms with Gasteiger partial charge in [-0.15, -0.1) is 0 Å². The lowest BCUT2D eigenvalue weighted by Crippen LogP contribution is -2.25. The van der Waals surface area contributed by atoms with Gasteiger partial charge in [-0.2, -0.15) is 0 Å². The smallest absolute Gasteiger partial charge is 0.251 e. The number of ether oxygens (including phenoxy) is 2. The monoisotopic (exact) mass is 257 g/mol. The Morgan fingerprint density at radius 2 is 2.18 bits per heavy atom. The lowest BCUT2D eigenvalue weighted by atomic mass is 10.2. The number of halogens is 1. The molecule has 94 valence electrons. The van der Waals surface area contributed by atoms with Gasteiger partial charge in [0.15, 0.2) is 0 Å². The van der Waals surface area contributed by atoms with Crippen molar-refractivity contribution in [3.63, 3.8) is 0 Å². The van der Waals surface area contributed by atoms with Gasteiger partial charge in [0.25, 0.3) is 5.91 Å². The zero-order chi connectivity index (χ0) is 12.7. The summed E-state index contributed by atoms with van der Waals surface area (Å²) in [6, 6.07) is 4.93. The summed E-state index contributed by atoms with van der Waals surface area (Å²) in [5.74, 6) is 0.354. The molecule has 0 atom stereocenters. The van der Waals surface area contributed by atoms with E-state index >= 15 is 0 Å². The number of amides is 1. The predicted octanol–water partition coefficient (Wildman–Crippen LogP) is 2.11. The number of methoxy groups -OCH3 is 2. The maximum Gasteiger partial charge on any atom is 0.251 e. The molecule has 0 aliphatic heterocycles. The first-order valence-electron chi connectivity index (χ1n) is 5.29. The van der Waals surface area contributed by atoms with Crippen molar-refractivity contribution in [2.75, 3.05) is 27.4 Å². The van der Waals surface area contributed by atoms with Crippen molar-refractivity contribution in [2.24, 2.45) is 0 Å². The third-order valence-electron chi connectivity index (χ3n) is 2.22. The largest absolute Gasteiger partial charge is 0.495 e. The molecular formula is C12H16ClNO3. The Morgan fingerprint density at radius 1 is 1.41 bits per heavy atom. The molecule has 17 heavy (non-hydrogen) atoms. The zero-order valence-corrected chi connectivity index (χ0v) is 10.7. The average molecular weight is 258 g/mol. The van der Waals surface area contributed by atoms with E-state index in [0.29, 0.717) is 29.5 Å². The van der Waals surface area contributed by atoms with Gasteiger partial charge in [0, 0.05) is 25.8 Å². The molecule has 0 aromatic heterocycles. The van der Waals surface area contributed by atoms with Crippen LogP contribution in [0.2, 0.25) is 5.02 Å². The minimum Gasteiger partial charge on any atom is -0.495 e. The second-order valence-electron chi connectivity index (χ2n) is 3.45. The highest BCUT2D eigenvalue weighted by Gasteiger charge is 2.08. The van der Waals surface area contributed by atoms with E-state index in [1.807, 2.05) is 0 Å². The highest BCUT2D eigenvalue weighted by molar-refractivity contribution is 6.32. The quantitative estimate of drug-likeness (QED) is 0.794. The third kappa shape index (κ3) is 4.24. The Labute approximate surface area is 106 Å². The molecule has 0 heterocycles. The van der Waals surface area contributed by atoms with Gasteiger partial charge in [-0.05, 0) is 24.6 Å². The Morgan fingerprint density at radius 3 is 2.82 bits per heavy atom. The molecule has 1 amide bonds. The Bertz CT molecular complexity index is 382. The summed E-state index contributed by atoms with van der Waals surface area (Å²) in [6.45, 7) is 1.21. The van der Waals surface area contributed by atoms with Crippen molar-refractivity contribution < 1.29 is 14.3 Å². The summed E-state index contributed by atoms with van der Waals surface area (Å²) in [5.41, 5.74) is 0.531. The summed E-state index contributed by atoms with van der Waals surface area (Å²) in [7, 11) is 3.15. The molecule has 0 aliphatic rings. The van der Waals surface area contributed by atoms with Gasteiger partial charge < -0.3 is 14.8 Å². The van der Waals surface area contributed by atoms with Gasteiger partial charge in [-0.3, -0.25) is 4.79 Å². The Balaban J connectivity index is 2.57. The molecule has 4 nitrogen and oxygen atoms in total. The van der Waals surface area contributed by atoms with Crippen molar-refractivity contribution in [3.05, 3.63) is 28.8 Å². The lowest BCUT2D eigenvalue weighted by molar-refractivity contribution is 0.0948. The molecule has 0 spiro atoms. The number of benzene rings is 1. The van der Waals surface area contributed by atoms with E-state index in [2.05, 4.69) is 5.32 Å². The van der Waals surface area contributed by atoms with E-state index in [-0.39, 0.29) is 5.91 Å². The first-order chi connectivity index (χ1) is 8.19. The molecule has 1 aromatic rings. The molecule has 0 unspecified atom stereocenters. The number of hydrogen-bond acceptors (Lipinski definition) is 3. The number of nitrogens with one attached hydrogen (secondary N) is 1. The fourth-order valence-electron chi connectivity index (χ4n) is 1.32. The van der Waals surface area contributed by atoms with Crippen molar-refractivity contribution in [1.29, 1.82) is 0 Å². The van der Waals surface area contributed by atoms with Crippen LogP contribution in [0.25, 0.3) is 0 Å². The van der Waals surface area contributed by atoms with Crippen LogP contribution >= 0.6 is 11.6 Å². The summed E-state index contributed by atoms with van der Waals surface area (Å²) in [6.07, 6.45) is 0.785. The van der Waals surface area contributed by atoms with Crippen molar-refractivity contribution in [3.8, 4) is 5.75 Å². The fraction of sp³-hybridized carbons (Fsp3) is 0.417. The zero-order valence-electron chi connectivity index (χ0n) is 9.96. The number of hydrogen-bond donors (Lipinski definition) is 1. The van der Waals surface area contributed by atoms with Crippen LogP contribution < -0.4 is 10.1 Å². The number of rotatable bonds is 6. The van der Waals surface area contributed by atoms with E-state index in [9.17, 15) is 4.79 Å². The third-order valence-corrected chi connectivity index (χ3v) is 2.54. The van der Waals surface area contributed by atoms with Crippen LogP contribution in [0.5, 0.6) is 5.75 Å². The van der Waals surface area contributed by atoms with Gasteiger partial charge in [-0.25, -0.2) is 0 Å². The first kappa shape index (κ1) is 13.8. The minimum absolute atomic E-state index is 0.143. The van der Waals surface area contributed by atoms with Gasteiger partial charge in [0.05, 0.1) is 12.1 Å². The summed E-state index contributed by atoms with van der Waals surface area (Å²) < 4.78 is 9.94. The van der Waals surface area contributed by atoms with Gasteiger partial charge in [0.1, 0.15) is 5.75 Å². The molecule has 1 rings (SSSR count). The maximum absolute atomic E-state index is 11.7. The van der Waals surface area contributed by atoms with Crippen LogP contribution in [0, 0.1) is 0 Å². The number of carbonyl (C=O) groups excluding carboxylic acids is 1. The number of carbonyl (C=O) groups is 1. The molecule has 0 radical (unpaired) electrons. The molecule has 1 N–H and O–H groups in total. The Kier molecular flexibility index (Phi) is 5.80. The van der Waals surface area contributed by atoms with Crippen LogP contribution in [0.1, 0.15) is 16.8 Å². The van der Waals surface area contributed by atoms with E-state index in [1.54, 1.807) is 25.3 Å². The molecule has 0 saturated carbocycles. The molecule has 0 aliphatic carbocycles. The van der Waals surface area contributed by atoms with Crippen molar-refractivity contribution >= 4 is 17.5 Å². The van der Waals surface area contributed by atoms with Gasteiger partial charge >= 0.3 is 0 Å². The second kappa shape index (κ2) is 7.14. The standard InChI is InChI=1S/C12H16ClNO3/c1-16-7-3-6-14-12(15)9-4-5-10(13)11(8-9)17-2/h4-5,8H,3,6-7H2,1-2H3,(H,14,15). The summed E-state index contributed by atoms with van der Waals surface area (Å²) >= 11 is 5.87. The second-order valence-corrected chi connectivity index (χ2v) is 3.86. The van der Waals surface area contributed by atoms with E-state index < -0.39 is 0 Å². The lowest BCUT2D eigenvalue weighted by Gasteiger charge is -2.07. The summed E-state index contributed by atoms with van der Waals surface area (Å²) in [5, 5.41) is 3.28. The Hall–Kier alpha value is -1.26. The topological polar surface area (TPSA) is 47.6 Å². The van der Waals surface area contributed by atoms with E-state index in [4.69, 9.17) is 21.1 Å². The fourth-order valence-corrected chi connectivity index (χ4v) is 1.52. The van der Waals surface area contributed by atoms with E-state index in [0.717, 1.165) is 6.42 Å². The van der Waals surface area contributed by atoms with E-state index in [1.165, 1.54) is 7.11 Å². The maximum atomic E-state index is 11.7. The molecule has 1 aromatic carbocycles. The average Bonchev–Trinajstić information content (AvgIpc) is 2.35. The molecular weight excluding hydrogens is 242 g/mol. The van der Waals surface area contributed by atoms with Crippen LogP contribution in [-0.2, 0) is 4.74 Å². The highest BCUT2D eigenvalue weighted by atomic mass is 35.5. The predicted molar refractivity (Wildman–Crippen MR) is 66.8 cm³/mol. The molecule has 0 bridgehead atoms. The van der Waals surface area contributed by atoms with Crippen molar-refractivity contribution in [2.45, 2.75) is 6.42 Å². The van der Waals surface area contributed by atoms with Crippen LogP contribution in [0.3, 0.4) is 0 Å². The molecule has 0 saturated heterocycles. The van der Waals surface area contributed by atoms with Gasteiger partial charge in [-0.1, -0.05) is 11.6 Å². The highest BCUT2D eigenvalue weighted by Crippen LogP contribution is 2.24. The van der Waals surface area contributed by atoms with Gasteiger partial charge in [0.2, 0.25) is 0 Å². The van der Waals surface area contributed by atoms with Crippen LogP contribution in [0.4, 0.5) is 0 Å². The minimum atomic E-state index is -0.143. The first-order valence-corrected chi connectivity index (χ1v) is 5.67. The van der Waals surface area contributed by atoms with Crippen LogP contribution in [-0.4, -0.2) is 33.3 Å². The SMILES string of the molecule is COCCCNC(=O)c1ccc(Cl)c(OC)c1. The van der Waals surface area contributed by atoms with Crippen LogP contribution in [0.15, 0.2) is 18.2 Å². The normalized spacial score (nSPS) is 10.1. The molecule has 5 heteroatoms. The van der Waals surface area contributed by atoms with Crippen molar-refractivity contribution in [1.82, 2.24) is 5.32 Å². The molecule has 0 fully saturated rings. The summed E-state index contributed by atoms with van der Waals surface area (Å²) in [4.78, 5) is 11.7.